The first-order valence-electron chi connectivity index (χ1n) is 10.7. The summed E-state index contributed by atoms with van der Waals surface area (Å²) in [6, 6.07) is 22.1. The highest BCUT2D eigenvalue weighted by Gasteiger charge is 2.31. The molecule has 4 aromatic rings. The van der Waals surface area contributed by atoms with Crippen molar-refractivity contribution in [3.8, 4) is 11.4 Å². The van der Waals surface area contributed by atoms with E-state index >= 15 is 0 Å². The lowest BCUT2D eigenvalue weighted by Crippen LogP contribution is -2.30. The Morgan fingerprint density at radius 1 is 1.12 bits per heavy atom. The van der Waals surface area contributed by atoms with Crippen LogP contribution >= 0.6 is 11.8 Å². The van der Waals surface area contributed by atoms with Crippen molar-refractivity contribution in [2.24, 2.45) is 0 Å². The number of furan rings is 1. The van der Waals surface area contributed by atoms with E-state index in [1.807, 2.05) is 59.2 Å². The molecule has 0 spiro atoms. The monoisotopic (exact) mass is 444 g/mol. The number of rotatable bonds is 8. The Morgan fingerprint density at radius 2 is 1.97 bits per heavy atom. The summed E-state index contributed by atoms with van der Waals surface area (Å²) in [6.07, 6.45) is 3.75. The lowest BCUT2D eigenvalue weighted by Gasteiger charge is -2.17. The number of amides is 1. The average Bonchev–Trinajstić information content (AvgIpc) is 3.30. The van der Waals surface area contributed by atoms with Gasteiger partial charge in [-0.3, -0.25) is 9.36 Å². The third-order valence-corrected chi connectivity index (χ3v) is 6.61. The molecule has 7 heteroatoms. The van der Waals surface area contributed by atoms with Gasteiger partial charge in [-0.2, -0.15) is 0 Å². The molecule has 1 fully saturated rings. The molecule has 1 atom stereocenters. The fraction of sp³-hybridized carbons (Fsp3) is 0.240. The fourth-order valence-corrected chi connectivity index (χ4v) is 4.63. The van der Waals surface area contributed by atoms with Gasteiger partial charge in [0, 0.05) is 11.6 Å². The third kappa shape index (κ3) is 4.62. The van der Waals surface area contributed by atoms with Crippen LogP contribution in [0.1, 0.15) is 35.0 Å². The number of carbonyl (C=O) groups is 1. The van der Waals surface area contributed by atoms with Crippen molar-refractivity contribution in [1.82, 2.24) is 20.1 Å². The number of hydrogen-bond acceptors (Lipinski definition) is 5. The van der Waals surface area contributed by atoms with E-state index in [0.717, 1.165) is 41.1 Å². The Bertz CT molecular complexity index is 1200. The van der Waals surface area contributed by atoms with Crippen molar-refractivity contribution in [1.29, 1.82) is 0 Å². The van der Waals surface area contributed by atoms with Crippen LogP contribution in [0.4, 0.5) is 0 Å². The van der Waals surface area contributed by atoms with E-state index < -0.39 is 5.25 Å². The molecule has 6 nitrogen and oxygen atoms in total. The predicted octanol–water partition coefficient (Wildman–Crippen LogP) is 5.01. The first kappa shape index (κ1) is 20.6. The van der Waals surface area contributed by atoms with Gasteiger partial charge in [-0.1, -0.05) is 65.9 Å². The Morgan fingerprint density at radius 3 is 2.69 bits per heavy atom. The second-order valence-electron chi connectivity index (χ2n) is 8.03. The van der Waals surface area contributed by atoms with Gasteiger partial charge in [-0.25, -0.2) is 0 Å². The topological polar surface area (TPSA) is 73.0 Å². The number of nitrogens with zero attached hydrogens (tertiary/aromatic N) is 3. The third-order valence-electron chi connectivity index (χ3n) is 5.37. The minimum atomic E-state index is -0.415. The number of thioether (sulfide) groups is 1. The second-order valence-corrected chi connectivity index (χ2v) is 9.10. The molecule has 32 heavy (non-hydrogen) atoms. The molecule has 2 aromatic heterocycles. The van der Waals surface area contributed by atoms with Crippen LogP contribution in [0.3, 0.4) is 0 Å². The van der Waals surface area contributed by atoms with E-state index in [1.165, 1.54) is 11.8 Å². The molecule has 0 unspecified atom stereocenters. The normalized spacial score (nSPS) is 14.3. The molecule has 0 aliphatic heterocycles. The van der Waals surface area contributed by atoms with Crippen molar-refractivity contribution in [3.05, 3.63) is 89.9 Å². The Labute approximate surface area is 191 Å². The van der Waals surface area contributed by atoms with Crippen molar-refractivity contribution < 1.29 is 9.21 Å². The Balaban J connectivity index is 1.52. The maximum Gasteiger partial charge on any atom is 0.238 e. The lowest BCUT2D eigenvalue weighted by molar-refractivity contribution is -0.120. The van der Waals surface area contributed by atoms with Gasteiger partial charge in [0.2, 0.25) is 5.91 Å². The molecule has 2 aromatic carbocycles. The Hall–Kier alpha value is -3.32. The van der Waals surface area contributed by atoms with Crippen molar-refractivity contribution in [2.45, 2.75) is 42.8 Å². The molecule has 1 saturated carbocycles. The van der Waals surface area contributed by atoms with Crippen LogP contribution in [0.15, 0.2) is 82.6 Å². The van der Waals surface area contributed by atoms with Gasteiger partial charge in [0.25, 0.3) is 0 Å². The van der Waals surface area contributed by atoms with Crippen molar-refractivity contribution in [3.63, 3.8) is 0 Å². The van der Waals surface area contributed by atoms with E-state index in [1.54, 1.807) is 6.26 Å². The summed E-state index contributed by atoms with van der Waals surface area (Å²) in [4.78, 5) is 13.1. The molecule has 1 aliphatic carbocycles. The van der Waals surface area contributed by atoms with Crippen molar-refractivity contribution in [2.75, 3.05) is 0 Å². The molecule has 162 valence electrons. The maximum atomic E-state index is 13.1. The van der Waals surface area contributed by atoms with E-state index in [-0.39, 0.29) is 11.9 Å². The van der Waals surface area contributed by atoms with Crippen LogP contribution in [0.5, 0.6) is 0 Å². The van der Waals surface area contributed by atoms with Crippen LogP contribution < -0.4 is 5.32 Å². The van der Waals surface area contributed by atoms with E-state index in [9.17, 15) is 4.79 Å². The van der Waals surface area contributed by atoms with Crippen LogP contribution in [0.2, 0.25) is 0 Å². The first-order chi connectivity index (χ1) is 15.7. The van der Waals surface area contributed by atoms with Gasteiger partial charge in [0.15, 0.2) is 11.0 Å². The lowest BCUT2D eigenvalue weighted by atomic mass is 10.1. The molecule has 0 saturated heterocycles. The maximum absolute atomic E-state index is 13.1. The van der Waals surface area contributed by atoms with E-state index in [2.05, 4.69) is 34.6 Å². The van der Waals surface area contributed by atoms with Gasteiger partial charge in [-0.05, 0) is 43.5 Å². The zero-order valence-electron chi connectivity index (χ0n) is 17.8. The van der Waals surface area contributed by atoms with Gasteiger partial charge >= 0.3 is 0 Å². The number of hydrogen-bond donors (Lipinski definition) is 1. The van der Waals surface area contributed by atoms with Crippen LogP contribution in [-0.4, -0.2) is 26.7 Å². The van der Waals surface area contributed by atoms with Crippen LogP contribution in [0, 0.1) is 6.92 Å². The van der Waals surface area contributed by atoms with Gasteiger partial charge < -0.3 is 9.73 Å². The number of nitrogens with one attached hydrogen (secondary N) is 1. The molecular formula is C25H24N4O2S. The van der Waals surface area contributed by atoms with E-state index in [4.69, 9.17) is 4.42 Å². The SMILES string of the molecule is Cc1cccc(-c2nnc(S[C@@H](C(=O)NC3CC3)c3ccccc3)n2Cc2ccco2)c1. The average molecular weight is 445 g/mol. The Kier molecular flexibility index (Phi) is 5.81. The quantitative estimate of drug-likeness (QED) is 0.387. The van der Waals surface area contributed by atoms with Crippen LogP contribution in [-0.2, 0) is 11.3 Å². The van der Waals surface area contributed by atoms with Crippen molar-refractivity contribution >= 4 is 17.7 Å². The number of aromatic nitrogens is 3. The van der Waals surface area contributed by atoms with Gasteiger partial charge in [0.1, 0.15) is 11.0 Å². The fourth-order valence-electron chi connectivity index (χ4n) is 3.59. The molecule has 1 N–H and O–H groups in total. The zero-order chi connectivity index (χ0) is 21.9. The molecule has 5 rings (SSSR count). The van der Waals surface area contributed by atoms with Crippen LogP contribution in [0.25, 0.3) is 11.4 Å². The number of aryl methyl sites for hydroxylation is 1. The summed E-state index contributed by atoms with van der Waals surface area (Å²) >= 11 is 1.42. The minimum Gasteiger partial charge on any atom is -0.467 e. The zero-order valence-corrected chi connectivity index (χ0v) is 18.6. The van der Waals surface area contributed by atoms with Gasteiger partial charge in [-0.15, -0.1) is 10.2 Å². The molecule has 0 bridgehead atoms. The number of benzene rings is 2. The highest BCUT2D eigenvalue weighted by atomic mass is 32.2. The molecule has 0 radical (unpaired) electrons. The summed E-state index contributed by atoms with van der Waals surface area (Å²) in [7, 11) is 0. The second kappa shape index (κ2) is 9.04. The van der Waals surface area contributed by atoms with Gasteiger partial charge in [0.05, 0.1) is 12.8 Å². The summed E-state index contributed by atoms with van der Waals surface area (Å²) in [5.41, 5.74) is 3.07. The first-order valence-corrected chi connectivity index (χ1v) is 11.6. The summed E-state index contributed by atoms with van der Waals surface area (Å²) < 4.78 is 7.64. The molecule has 1 aliphatic rings. The summed E-state index contributed by atoms with van der Waals surface area (Å²) in [6.45, 7) is 2.54. The van der Waals surface area contributed by atoms with E-state index in [0.29, 0.717) is 11.7 Å². The standard InChI is InChI=1S/C25H24N4O2S/c1-17-7-5-10-19(15-17)23-27-28-25(29(23)16-21-11-6-14-31-21)32-22(18-8-3-2-4-9-18)24(30)26-20-12-13-20/h2-11,14-15,20,22H,12-13,16H2,1H3,(H,26,30)/t22-/m1/s1. The summed E-state index contributed by atoms with van der Waals surface area (Å²) in [5.74, 6) is 1.56. The highest BCUT2D eigenvalue weighted by molar-refractivity contribution is 8.00. The molecule has 2 heterocycles. The minimum absolute atomic E-state index is 0.00774. The highest BCUT2D eigenvalue weighted by Crippen LogP contribution is 2.37. The largest absolute Gasteiger partial charge is 0.467 e. The molecule has 1 amide bonds. The smallest absolute Gasteiger partial charge is 0.238 e. The molecular weight excluding hydrogens is 420 g/mol. The summed E-state index contributed by atoms with van der Waals surface area (Å²) in [5, 5.41) is 12.4. The predicted molar refractivity (Wildman–Crippen MR) is 124 cm³/mol. The number of carbonyl (C=O) groups excluding carboxylic acids is 1.